The number of carboxylic acid groups (broad SMARTS) is 1. The average Bonchev–Trinajstić information content (AvgIpc) is 2.39. The Morgan fingerprint density at radius 2 is 1.85 bits per heavy atom. The first-order valence-electron chi connectivity index (χ1n) is 6.22. The number of hydrogen-bond acceptors (Lipinski definition) is 3. The van der Waals surface area contributed by atoms with Crippen molar-refractivity contribution in [1.29, 1.82) is 0 Å². The Morgan fingerprint density at radius 3 is 2.35 bits per heavy atom. The highest BCUT2D eigenvalue weighted by Crippen LogP contribution is 2.09. The van der Waals surface area contributed by atoms with E-state index in [1.807, 2.05) is 18.2 Å². The fourth-order valence-corrected chi connectivity index (χ4v) is 1.83. The zero-order chi connectivity index (χ0) is 15.1. The molecule has 6 nitrogen and oxygen atoms in total. The topological polar surface area (TPSA) is 101 Å². The molecule has 0 bridgehead atoms. The summed E-state index contributed by atoms with van der Waals surface area (Å²) in [6.45, 7) is 0. The van der Waals surface area contributed by atoms with Crippen LogP contribution in [0.3, 0.4) is 0 Å². The van der Waals surface area contributed by atoms with Crippen molar-refractivity contribution in [2.75, 3.05) is 7.05 Å². The molecular formula is C14H18N2O4. The molecule has 3 N–H and O–H groups in total. The summed E-state index contributed by atoms with van der Waals surface area (Å²) in [5.74, 6) is -2.04. The Bertz CT molecular complexity index is 487. The number of carbonyl (C=O) groups excluding carboxylic acids is 2. The van der Waals surface area contributed by atoms with Gasteiger partial charge in [0.25, 0.3) is 0 Å². The molecule has 1 rings (SSSR count). The fourth-order valence-electron chi connectivity index (χ4n) is 1.83. The predicted molar refractivity (Wildman–Crippen MR) is 72.8 cm³/mol. The van der Waals surface area contributed by atoms with E-state index in [9.17, 15) is 14.4 Å². The van der Waals surface area contributed by atoms with Gasteiger partial charge in [0.1, 0.15) is 6.04 Å². The lowest BCUT2D eigenvalue weighted by Crippen LogP contribution is -2.43. The maximum atomic E-state index is 12.0. The van der Waals surface area contributed by atoms with Gasteiger partial charge in [-0.1, -0.05) is 30.3 Å². The number of carboxylic acids is 1. The molecule has 0 saturated carbocycles. The summed E-state index contributed by atoms with van der Waals surface area (Å²) < 4.78 is 0. The van der Waals surface area contributed by atoms with E-state index in [2.05, 4.69) is 0 Å². The zero-order valence-electron chi connectivity index (χ0n) is 11.3. The average molecular weight is 278 g/mol. The maximum absolute atomic E-state index is 12.0. The summed E-state index contributed by atoms with van der Waals surface area (Å²) in [4.78, 5) is 35.1. The third kappa shape index (κ3) is 4.72. The van der Waals surface area contributed by atoms with Crippen LogP contribution in [0.5, 0.6) is 0 Å². The number of nitrogens with two attached hydrogens (primary N) is 1. The highest BCUT2D eigenvalue weighted by molar-refractivity contribution is 5.85. The molecule has 1 aromatic carbocycles. The maximum Gasteiger partial charge on any atom is 0.326 e. The lowest BCUT2D eigenvalue weighted by Gasteiger charge is -2.24. The van der Waals surface area contributed by atoms with Gasteiger partial charge in [0, 0.05) is 13.5 Å². The van der Waals surface area contributed by atoms with E-state index in [1.165, 1.54) is 7.05 Å². The quantitative estimate of drug-likeness (QED) is 0.754. The van der Waals surface area contributed by atoms with Crippen molar-refractivity contribution < 1.29 is 19.5 Å². The van der Waals surface area contributed by atoms with Gasteiger partial charge in [-0.2, -0.15) is 0 Å². The van der Waals surface area contributed by atoms with Crippen LogP contribution < -0.4 is 5.73 Å². The highest BCUT2D eigenvalue weighted by atomic mass is 16.4. The Kier molecular flexibility index (Phi) is 5.71. The first-order valence-corrected chi connectivity index (χ1v) is 6.22. The summed E-state index contributed by atoms with van der Waals surface area (Å²) >= 11 is 0. The van der Waals surface area contributed by atoms with Crippen LogP contribution in [-0.4, -0.2) is 40.9 Å². The predicted octanol–water partition coefficient (Wildman–Crippen LogP) is 0.406. The van der Waals surface area contributed by atoms with E-state index in [1.54, 1.807) is 12.1 Å². The van der Waals surface area contributed by atoms with Crippen LogP contribution in [0.1, 0.15) is 18.4 Å². The highest BCUT2D eigenvalue weighted by Gasteiger charge is 2.26. The number of likely N-dealkylation sites (N-methyl/N-ethyl adjacent to an activating group) is 1. The second-order valence-electron chi connectivity index (χ2n) is 4.53. The lowest BCUT2D eigenvalue weighted by molar-refractivity contribution is -0.149. The summed E-state index contributed by atoms with van der Waals surface area (Å²) in [5, 5.41) is 9.13. The first-order chi connectivity index (χ1) is 9.41. The molecule has 0 spiro atoms. The van der Waals surface area contributed by atoms with Crippen molar-refractivity contribution >= 4 is 17.8 Å². The summed E-state index contributed by atoms with van der Waals surface area (Å²) in [6, 6.07) is 8.01. The summed E-state index contributed by atoms with van der Waals surface area (Å²) in [7, 11) is 1.42. The molecule has 0 heterocycles. The van der Waals surface area contributed by atoms with Gasteiger partial charge in [0.05, 0.1) is 6.42 Å². The van der Waals surface area contributed by atoms with Crippen molar-refractivity contribution in [2.24, 2.45) is 5.73 Å². The number of nitrogens with zero attached hydrogens (tertiary/aromatic N) is 1. The second-order valence-corrected chi connectivity index (χ2v) is 4.53. The molecule has 108 valence electrons. The molecule has 1 unspecified atom stereocenters. The Labute approximate surface area is 117 Å². The SMILES string of the molecule is CN(C(=O)Cc1ccccc1)C(CCC(N)=O)C(=O)O. The monoisotopic (exact) mass is 278 g/mol. The minimum atomic E-state index is -1.14. The molecule has 0 fully saturated rings. The third-order valence-electron chi connectivity index (χ3n) is 3.01. The van der Waals surface area contributed by atoms with Gasteiger partial charge in [-0.25, -0.2) is 4.79 Å². The van der Waals surface area contributed by atoms with Crippen LogP contribution in [0.25, 0.3) is 0 Å². The van der Waals surface area contributed by atoms with Crippen molar-refractivity contribution in [3.63, 3.8) is 0 Å². The molecule has 0 saturated heterocycles. The standard InChI is InChI=1S/C14H18N2O4/c1-16(11(14(19)20)7-8-12(15)17)13(18)9-10-5-3-2-4-6-10/h2-6,11H,7-9H2,1H3,(H2,15,17)(H,19,20). The third-order valence-corrected chi connectivity index (χ3v) is 3.01. The van der Waals surface area contributed by atoms with E-state index < -0.39 is 17.9 Å². The molecule has 0 aliphatic heterocycles. The minimum Gasteiger partial charge on any atom is -0.480 e. The number of aliphatic carboxylic acids is 1. The van der Waals surface area contributed by atoms with Gasteiger partial charge < -0.3 is 15.7 Å². The number of hydrogen-bond donors (Lipinski definition) is 2. The molecule has 1 aromatic rings. The van der Waals surface area contributed by atoms with Gasteiger partial charge in [-0.3, -0.25) is 9.59 Å². The summed E-state index contributed by atoms with van der Waals surface area (Å²) in [5.41, 5.74) is 5.81. The smallest absolute Gasteiger partial charge is 0.326 e. The van der Waals surface area contributed by atoms with Gasteiger partial charge >= 0.3 is 5.97 Å². The van der Waals surface area contributed by atoms with Crippen LogP contribution in [0.2, 0.25) is 0 Å². The lowest BCUT2D eigenvalue weighted by atomic mass is 10.1. The largest absolute Gasteiger partial charge is 0.480 e. The molecule has 20 heavy (non-hydrogen) atoms. The van der Waals surface area contributed by atoms with E-state index in [4.69, 9.17) is 10.8 Å². The van der Waals surface area contributed by atoms with E-state index >= 15 is 0 Å². The Morgan fingerprint density at radius 1 is 1.25 bits per heavy atom. The molecule has 6 heteroatoms. The number of benzene rings is 1. The van der Waals surface area contributed by atoms with Crippen LogP contribution in [-0.2, 0) is 20.8 Å². The van der Waals surface area contributed by atoms with Gasteiger partial charge in [0.15, 0.2) is 0 Å². The second kappa shape index (κ2) is 7.28. The van der Waals surface area contributed by atoms with Crippen molar-refractivity contribution in [3.05, 3.63) is 35.9 Å². The molecule has 0 aliphatic rings. The van der Waals surface area contributed by atoms with Crippen LogP contribution in [0.4, 0.5) is 0 Å². The first kappa shape index (κ1) is 15.7. The van der Waals surface area contributed by atoms with E-state index in [0.29, 0.717) is 0 Å². The number of primary amides is 1. The van der Waals surface area contributed by atoms with Gasteiger partial charge in [-0.05, 0) is 12.0 Å². The zero-order valence-corrected chi connectivity index (χ0v) is 11.3. The van der Waals surface area contributed by atoms with Crippen molar-refractivity contribution in [2.45, 2.75) is 25.3 Å². The number of carbonyl (C=O) groups is 3. The fraction of sp³-hybridized carbons (Fsp3) is 0.357. The molecule has 0 aromatic heterocycles. The van der Waals surface area contributed by atoms with Crippen LogP contribution in [0.15, 0.2) is 30.3 Å². The number of amides is 2. The van der Waals surface area contributed by atoms with Crippen LogP contribution >= 0.6 is 0 Å². The molecule has 2 amide bonds. The minimum absolute atomic E-state index is 0.0156. The molecule has 1 atom stereocenters. The van der Waals surface area contributed by atoms with Gasteiger partial charge in [-0.15, -0.1) is 0 Å². The normalized spacial score (nSPS) is 11.7. The van der Waals surface area contributed by atoms with E-state index in [-0.39, 0.29) is 25.2 Å². The molecule has 0 aliphatic carbocycles. The van der Waals surface area contributed by atoms with Gasteiger partial charge in [0.2, 0.25) is 11.8 Å². The van der Waals surface area contributed by atoms with Crippen LogP contribution in [0, 0.1) is 0 Å². The van der Waals surface area contributed by atoms with E-state index in [0.717, 1.165) is 10.5 Å². The van der Waals surface area contributed by atoms with Crippen molar-refractivity contribution in [1.82, 2.24) is 4.90 Å². The molecule has 0 radical (unpaired) electrons. The molecular weight excluding hydrogens is 260 g/mol. The Hall–Kier alpha value is -2.37. The summed E-state index contributed by atoms with van der Waals surface area (Å²) in [6.07, 6.45) is 0.0688. The Balaban J connectivity index is 2.68. The number of rotatable bonds is 7. The van der Waals surface area contributed by atoms with Crippen molar-refractivity contribution in [3.8, 4) is 0 Å².